The fraction of sp³-hybridized carbons (Fsp3) is 0.750. The van der Waals surface area contributed by atoms with Gasteiger partial charge in [0, 0.05) is 0 Å². The monoisotopic (exact) mass is 202 g/mol. The fourth-order valence-electron chi connectivity index (χ4n) is 1.52. The molecule has 1 atom stereocenters. The Morgan fingerprint density at radius 1 is 1.79 bits per heavy atom. The van der Waals surface area contributed by atoms with Gasteiger partial charge in [-0.3, -0.25) is 4.79 Å². The van der Waals surface area contributed by atoms with Crippen molar-refractivity contribution >= 4 is 11.9 Å². The smallest absolute Gasteiger partial charge is 0.309 e. The first-order valence-corrected chi connectivity index (χ1v) is 4.19. The second-order valence-corrected chi connectivity index (χ2v) is 3.97. The van der Waals surface area contributed by atoms with Crippen molar-refractivity contribution in [3.8, 4) is 0 Å². The maximum atomic E-state index is 11.3. The molecule has 0 amide bonds. The zero-order valence-electron chi connectivity index (χ0n) is 8.48. The third-order valence-electron chi connectivity index (χ3n) is 2.07. The van der Waals surface area contributed by atoms with Crippen LogP contribution in [0.5, 0.6) is 0 Å². The zero-order chi connectivity index (χ0) is 11.0. The third kappa shape index (κ3) is 2.02. The van der Waals surface area contributed by atoms with Crippen LogP contribution in [0.3, 0.4) is 0 Å². The lowest BCUT2D eigenvalue weighted by molar-refractivity contribution is -0.895. The van der Waals surface area contributed by atoms with Gasteiger partial charge in [-0.15, -0.1) is 5.10 Å². The fourth-order valence-corrected chi connectivity index (χ4v) is 1.52. The molecule has 14 heavy (non-hydrogen) atoms. The van der Waals surface area contributed by atoms with Gasteiger partial charge in [0.25, 0.3) is 0 Å². The number of carbonyl (C=O) groups is 1. The summed E-state index contributed by atoms with van der Waals surface area (Å²) in [5.41, 5.74) is -1.70. The van der Waals surface area contributed by atoms with Crippen LogP contribution in [0.15, 0.2) is 5.10 Å². The predicted octanol–water partition coefficient (Wildman–Crippen LogP) is -1.96. The summed E-state index contributed by atoms with van der Waals surface area (Å²) >= 11 is 0. The molecule has 0 aromatic carbocycles. The zero-order valence-corrected chi connectivity index (χ0v) is 8.48. The highest BCUT2D eigenvalue weighted by molar-refractivity contribution is 5.87. The van der Waals surface area contributed by atoms with Crippen LogP contribution < -0.4 is 5.11 Å². The number of quaternary nitrogens is 1. The summed E-state index contributed by atoms with van der Waals surface area (Å²) in [5.74, 6) is -1.27. The maximum absolute atomic E-state index is 11.3. The first-order chi connectivity index (χ1) is 6.29. The van der Waals surface area contributed by atoms with Gasteiger partial charge in [-0.1, -0.05) is 0 Å². The minimum Gasteiger partial charge on any atom is -0.856 e. The largest absolute Gasteiger partial charge is 0.856 e. The highest BCUT2D eigenvalue weighted by Gasteiger charge is 2.44. The number of ether oxygens (including phenoxy) is 1. The van der Waals surface area contributed by atoms with Crippen LogP contribution in [0.2, 0.25) is 0 Å². The molecule has 0 bridgehead atoms. The van der Waals surface area contributed by atoms with Crippen molar-refractivity contribution < 1.29 is 24.3 Å². The van der Waals surface area contributed by atoms with Gasteiger partial charge in [-0.25, -0.2) is 4.59 Å². The Hall–Kier alpha value is -1.14. The van der Waals surface area contributed by atoms with Crippen molar-refractivity contribution in [3.05, 3.63) is 0 Å². The summed E-state index contributed by atoms with van der Waals surface area (Å²) in [6.07, 6.45) is -0.340. The molecule has 1 aliphatic heterocycles. The van der Waals surface area contributed by atoms with Crippen LogP contribution in [0.4, 0.5) is 0 Å². The first kappa shape index (κ1) is 10.9. The maximum Gasteiger partial charge on any atom is 0.309 e. The van der Waals surface area contributed by atoms with Gasteiger partial charge in [0.15, 0.2) is 5.60 Å². The molecule has 0 spiro atoms. The lowest BCUT2D eigenvalue weighted by Gasteiger charge is -2.25. The van der Waals surface area contributed by atoms with Gasteiger partial charge in [0.2, 0.25) is 0 Å². The van der Waals surface area contributed by atoms with E-state index in [1.807, 2.05) is 0 Å². The van der Waals surface area contributed by atoms with E-state index in [4.69, 9.17) is 0 Å². The molecular formula is C8H14N2O4. The van der Waals surface area contributed by atoms with E-state index in [9.17, 15) is 15.0 Å². The number of carbonyl (C=O) groups excluding carboxylic acids is 1. The van der Waals surface area contributed by atoms with E-state index in [0.29, 0.717) is 0 Å². The van der Waals surface area contributed by atoms with Gasteiger partial charge in [0.05, 0.1) is 33.5 Å². The Labute approximate surface area is 82.0 Å². The average molecular weight is 202 g/mol. The van der Waals surface area contributed by atoms with Crippen molar-refractivity contribution in [2.24, 2.45) is 5.10 Å². The van der Waals surface area contributed by atoms with E-state index < -0.39 is 17.5 Å². The second-order valence-electron chi connectivity index (χ2n) is 3.97. The molecule has 0 aromatic heterocycles. The summed E-state index contributed by atoms with van der Waals surface area (Å²) in [7, 11) is 4.56. The number of hydrogen-bond donors (Lipinski definition) is 1. The van der Waals surface area contributed by atoms with Gasteiger partial charge in [0.1, 0.15) is 6.54 Å². The van der Waals surface area contributed by atoms with Crippen LogP contribution in [0.25, 0.3) is 0 Å². The van der Waals surface area contributed by atoms with Gasteiger partial charge in [-0.05, 0) is 0 Å². The Morgan fingerprint density at radius 3 is 2.71 bits per heavy atom. The number of rotatable bonds is 2. The number of hydrogen-bond acceptors (Lipinski definition) is 5. The van der Waals surface area contributed by atoms with Crippen molar-refractivity contribution in [2.45, 2.75) is 12.0 Å². The van der Waals surface area contributed by atoms with Gasteiger partial charge in [-0.2, -0.15) is 0 Å². The molecule has 80 valence electrons. The minimum atomic E-state index is -1.70. The first-order valence-electron chi connectivity index (χ1n) is 4.19. The highest BCUT2D eigenvalue weighted by Crippen LogP contribution is 2.23. The highest BCUT2D eigenvalue weighted by atomic mass is 16.5. The van der Waals surface area contributed by atoms with E-state index in [0.717, 1.165) is 0 Å². The SMILES string of the molecule is COC(=O)CC1(O)C[N+](C)(C)N=C1[O-]. The predicted molar refractivity (Wildman–Crippen MR) is 46.0 cm³/mol. The Balaban J connectivity index is 2.79. The molecular weight excluding hydrogens is 188 g/mol. The van der Waals surface area contributed by atoms with Crippen molar-refractivity contribution in [1.82, 2.24) is 0 Å². The second kappa shape index (κ2) is 3.21. The summed E-state index contributed by atoms with van der Waals surface area (Å²) in [4.78, 5) is 10.9. The average Bonchev–Trinajstić information content (AvgIpc) is 2.20. The molecule has 0 radical (unpaired) electrons. The van der Waals surface area contributed by atoms with E-state index >= 15 is 0 Å². The quantitative estimate of drug-likeness (QED) is 0.416. The Bertz CT molecular complexity index is 287. The molecule has 1 heterocycles. The molecule has 0 aromatic rings. The lowest BCUT2D eigenvalue weighted by Crippen LogP contribution is -2.50. The summed E-state index contributed by atoms with van der Waals surface area (Å²) < 4.78 is 4.43. The van der Waals surface area contributed by atoms with Crippen LogP contribution in [-0.4, -0.2) is 54.9 Å². The number of methoxy groups -OCH3 is 1. The molecule has 1 aliphatic rings. The van der Waals surface area contributed by atoms with Gasteiger partial charge < -0.3 is 14.9 Å². The topological polar surface area (TPSA) is 82.0 Å². The molecule has 6 heteroatoms. The molecule has 0 aliphatic carbocycles. The van der Waals surface area contributed by atoms with E-state index in [2.05, 4.69) is 9.84 Å². The summed E-state index contributed by atoms with van der Waals surface area (Å²) in [6, 6.07) is 0. The molecule has 1 rings (SSSR count). The standard InChI is InChI=1S/C8H14N2O4/c1-10(2)5-8(13,7(12)9-10)4-6(11)14-3/h13H,4-5H2,1-3H3. The summed E-state index contributed by atoms with van der Waals surface area (Å²) in [5, 5.41) is 24.9. The number of likely N-dealkylation sites (N-methyl/N-ethyl adjacent to an activating group) is 1. The van der Waals surface area contributed by atoms with Crippen LogP contribution in [-0.2, 0) is 9.53 Å². The molecule has 6 nitrogen and oxygen atoms in total. The van der Waals surface area contributed by atoms with Crippen LogP contribution in [0, 0.1) is 0 Å². The van der Waals surface area contributed by atoms with E-state index in [-0.39, 0.29) is 17.6 Å². The molecule has 0 fully saturated rings. The van der Waals surface area contributed by atoms with E-state index in [1.54, 1.807) is 14.1 Å². The molecule has 0 saturated carbocycles. The molecule has 1 unspecified atom stereocenters. The summed E-state index contributed by atoms with van der Waals surface area (Å²) in [6.45, 7) is 0.0981. The van der Waals surface area contributed by atoms with Crippen molar-refractivity contribution in [1.29, 1.82) is 0 Å². The van der Waals surface area contributed by atoms with E-state index in [1.165, 1.54) is 7.11 Å². The van der Waals surface area contributed by atoms with Crippen molar-refractivity contribution in [3.63, 3.8) is 0 Å². The minimum absolute atomic E-state index is 0.0341. The van der Waals surface area contributed by atoms with Crippen LogP contribution >= 0.6 is 0 Å². The Kier molecular flexibility index (Phi) is 2.51. The number of nitrogens with zero attached hydrogens (tertiary/aromatic N) is 2. The Morgan fingerprint density at radius 2 is 2.36 bits per heavy atom. The van der Waals surface area contributed by atoms with Crippen molar-refractivity contribution in [2.75, 3.05) is 27.7 Å². The molecule has 1 N–H and O–H groups in total. The van der Waals surface area contributed by atoms with Crippen LogP contribution in [0.1, 0.15) is 6.42 Å². The van der Waals surface area contributed by atoms with Gasteiger partial charge >= 0.3 is 5.97 Å². The normalized spacial score (nSPS) is 29.9. The third-order valence-corrected chi connectivity index (χ3v) is 2.07. The molecule has 0 saturated heterocycles. The number of aliphatic hydroxyl groups is 1. The number of esters is 1. The lowest BCUT2D eigenvalue weighted by atomic mass is 10.0.